The van der Waals surface area contributed by atoms with Crippen molar-refractivity contribution in [3.8, 4) is 0 Å². The third-order valence-corrected chi connectivity index (χ3v) is 0. The van der Waals surface area contributed by atoms with Gasteiger partial charge < -0.3 is 50.9 Å². The molecule has 1 unspecified atom stereocenters. The molecule has 40 valence electrons. The van der Waals surface area contributed by atoms with E-state index in [0.717, 1.165) is 0 Å². The van der Waals surface area contributed by atoms with Crippen LogP contribution in [0.25, 0.3) is 0 Å². The molecule has 0 nitrogen and oxygen atoms in total. The van der Waals surface area contributed by atoms with Gasteiger partial charge in [-0.25, -0.2) is 0 Å². The zero-order valence-corrected chi connectivity index (χ0v) is 10.5. The van der Waals surface area contributed by atoms with E-state index < -0.39 is 0 Å². The van der Waals surface area contributed by atoms with Crippen molar-refractivity contribution in [3.63, 3.8) is 0 Å². The summed E-state index contributed by atoms with van der Waals surface area (Å²) in [5.41, 5.74) is 0. The minimum Gasteiger partial charge on any atom is -1.00 e. The molecule has 0 radical (unpaired) electrons. The van der Waals surface area contributed by atoms with E-state index in [0.29, 0.717) is 0 Å². The minimum absolute atomic E-state index is 0. The van der Waals surface area contributed by atoms with Gasteiger partial charge in [0.25, 0.3) is 0 Å². The molecule has 0 aliphatic heterocycles. The number of rotatable bonds is 0. The maximum absolute atomic E-state index is 0. The summed E-state index contributed by atoms with van der Waals surface area (Å²) in [5.74, 6) is 0. The van der Waals surface area contributed by atoms with Crippen LogP contribution in [0.1, 0.15) is 0 Å². The zero-order chi connectivity index (χ0) is 0. The smallest absolute Gasteiger partial charge is 1.00 e. The minimum atomic E-state index is 0. The summed E-state index contributed by atoms with van der Waals surface area (Å²) in [6.07, 6.45) is 0. The van der Waals surface area contributed by atoms with Gasteiger partial charge in [-0.15, -0.1) is 0 Å². The normalized spacial score (nSPS) is 0. The monoisotopic (exact) mass is 468 g/mol. The maximum atomic E-state index is 0. The molecule has 5 heavy (non-hydrogen) atoms. The molecule has 0 aromatic rings. The van der Waals surface area contributed by atoms with Crippen LogP contribution in [0.15, 0.2) is 0 Å². The molecule has 0 bridgehead atoms. The van der Waals surface area contributed by atoms with Crippen molar-refractivity contribution >= 4 is 9.90 Å². The molecule has 0 fully saturated rings. The summed E-state index contributed by atoms with van der Waals surface area (Å²) in [7, 11) is 0. The molecule has 0 heterocycles. The van der Waals surface area contributed by atoms with Gasteiger partial charge in [-0.2, -0.15) is 9.90 Å². The van der Waals surface area contributed by atoms with Crippen molar-refractivity contribution in [3.05, 3.63) is 0 Å². The van der Waals surface area contributed by atoms with Crippen molar-refractivity contribution in [2.45, 2.75) is 0 Å². The van der Waals surface area contributed by atoms with E-state index in [2.05, 4.69) is 0 Å². The van der Waals surface area contributed by atoms with Gasteiger partial charge >= 0.3 is 22.4 Å². The molecule has 0 rings (SSSR count). The Morgan fingerprint density at radius 1 is 0.600 bits per heavy atom. The van der Waals surface area contributed by atoms with E-state index >= 15 is 0 Å². The third kappa shape index (κ3) is 20.6. The van der Waals surface area contributed by atoms with E-state index in [9.17, 15) is 0 Å². The van der Waals surface area contributed by atoms with E-state index in [-0.39, 0.29) is 83.2 Å². The average Bonchev–Trinajstić information content (AvgIpc) is 0. The van der Waals surface area contributed by atoms with Crippen molar-refractivity contribution in [2.24, 2.45) is 0 Å². The molecule has 1 atom stereocenters. The fourth-order valence-electron chi connectivity index (χ4n) is 0. The quantitative estimate of drug-likeness (QED) is 0.244. The Hall–Kier alpha value is 2.61. The average molecular weight is 471 g/mol. The van der Waals surface area contributed by atoms with Gasteiger partial charge in [0.1, 0.15) is 0 Å². The molecule has 0 aromatic carbocycles. The van der Waals surface area contributed by atoms with Crippen LogP contribution in [-0.2, 0) is 22.4 Å². The largest absolute Gasteiger partial charge is 3.00 e. The van der Waals surface area contributed by atoms with Crippen LogP contribution in [0.4, 0.5) is 0 Å². The van der Waals surface area contributed by atoms with E-state index in [1.807, 2.05) is 0 Å². The summed E-state index contributed by atoms with van der Waals surface area (Å²) in [6, 6.07) is 0. The van der Waals surface area contributed by atoms with E-state index in [1.54, 1.807) is 0 Å². The first-order valence-corrected chi connectivity index (χ1v) is 0. The summed E-state index contributed by atoms with van der Waals surface area (Å²) < 4.78 is 0. The van der Waals surface area contributed by atoms with Gasteiger partial charge in [-0.05, 0) is 0 Å². The van der Waals surface area contributed by atoms with Crippen molar-refractivity contribution in [2.75, 3.05) is 0 Å². The maximum Gasteiger partial charge on any atom is 3.00 e. The second-order valence-electron chi connectivity index (χ2n) is 0. The van der Waals surface area contributed by atoms with Crippen LogP contribution in [-0.4, -0.2) is 0 Å². The topological polar surface area (TPSA) is 0 Å². The van der Waals surface area contributed by atoms with Crippen molar-refractivity contribution in [1.82, 2.24) is 0 Å². The Bertz CT molecular complexity index is 6.85. The van der Waals surface area contributed by atoms with E-state index in [4.69, 9.17) is 0 Å². The molecular formula is H3AuBr3P. The number of halogens is 3. The molecule has 0 aliphatic carbocycles. The zero-order valence-electron chi connectivity index (χ0n) is 2.14. The fourth-order valence-corrected chi connectivity index (χ4v) is 0. The molecule has 0 amide bonds. The molecule has 0 N–H and O–H groups in total. The Morgan fingerprint density at radius 3 is 0.600 bits per heavy atom. The molecular weight excluding hydrogens is 468 g/mol. The first-order valence-electron chi connectivity index (χ1n) is 0. The van der Waals surface area contributed by atoms with Gasteiger partial charge in [0, 0.05) is 0 Å². The van der Waals surface area contributed by atoms with Crippen LogP contribution in [0.3, 0.4) is 0 Å². The Balaban J connectivity index is 0. The van der Waals surface area contributed by atoms with Crippen LogP contribution in [0.2, 0.25) is 0 Å². The standard InChI is InChI=1S/Au.3BrH.H3P/h;3*1H;1H3/q+3;;;;/p-3. The predicted molar refractivity (Wildman–Crippen MR) is 11.1 cm³/mol. The summed E-state index contributed by atoms with van der Waals surface area (Å²) in [6.45, 7) is 0. The SMILES string of the molecule is P.[Au+3].[Br-].[Br-].[Br-]. The van der Waals surface area contributed by atoms with Gasteiger partial charge in [0.15, 0.2) is 0 Å². The summed E-state index contributed by atoms with van der Waals surface area (Å²) >= 11 is 0. The number of hydrogen-bond donors (Lipinski definition) is 0. The fraction of sp³-hybridized carbons (Fsp3) is 0. The van der Waals surface area contributed by atoms with E-state index in [1.165, 1.54) is 0 Å². The molecule has 5 heteroatoms. The van der Waals surface area contributed by atoms with Gasteiger partial charge in [0.05, 0.1) is 0 Å². The molecule has 0 aliphatic rings. The summed E-state index contributed by atoms with van der Waals surface area (Å²) in [5, 5.41) is 0. The van der Waals surface area contributed by atoms with Crippen LogP contribution in [0.5, 0.6) is 0 Å². The Labute approximate surface area is 82.3 Å². The van der Waals surface area contributed by atoms with Gasteiger partial charge in [-0.3, -0.25) is 0 Å². The van der Waals surface area contributed by atoms with Crippen LogP contribution < -0.4 is 50.9 Å². The molecule has 0 aromatic heterocycles. The van der Waals surface area contributed by atoms with Crippen molar-refractivity contribution in [1.29, 1.82) is 0 Å². The Kier molecular flexibility index (Phi) is 298. The second kappa shape index (κ2) is 30.5. The van der Waals surface area contributed by atoms with Crippen molar-refractivity contribution < 1.29 is 73.3 Å². The third-order valence-electron chi connectivity index (χ3n) is 0. The number of hydrogen-bond acceptors (Lipinski definition) is 0. The van der Waals surface area contributed by atoms with Gasteiger partial charge in [-0.1, -0.05) is 0 Å². The second-order valence-corrected chi connectivity index (χ2v) is 0. The van der Waals surface area contributed by atoms with Gasteiger partial charge in [0.2, 0.25) is 0 Å². The molecule has 0 saturated heterocycles. The van der Waals surface area contributed by atoms with Crippen LogP contribution in [0, 0.1) is 0 Å². The predicted octanol–water partition coefficient (Wildman–Crippen LogP) is -8.93. The van der Waals surface area contributed by atoms with Crippen LogP contribution >= 0.6 is 9.90 Å². The first kappa shape index (κ1) is 48.8. The first-order chi connectivity index (χ1) is 0. The Morgan fingerprint density at radius 2 is 0.600 bits per heavy atom. The molecule has 0 spiro atoms. The summed E-state index contributed by atoms with van der Waals surface area (Å²) in [4.78, 5) is 0. The molecule has 0 saturated carbocycles.